The first-order valence-corrected chi connectivity index (χ1v) is 7.53. The fraction of sp³-hybridized carbons (Fsp3) is 0.133. The van der Waals surface area contributed by atoms with Crippen LogP contribution in [-0.4, -0.2) is 9.55 Å². The molecule has 0 aliphatic rings. The summed E-state index contributed by atoms with van der Waals surface area (Å²) in [5, 5.41) is 0. The van der Waals surface area contributed by atoms with E-state index in [4.69, 9.17) is 11.6 Å². The van der Waals surface area contributed by atoms with Gasteiger partial charge in [0.15, 0.2) is 0 Å². The largest absolute Gasteiger partial charge is 0.292 e. The number of imidazole rings is 1. The molecule has 2 aromatic carbocycles. The molecule has 3 rings (SSSR count). The predicted molar refractivity (Wildman–Crippen MR) is 83.0 cm³/mol. The molecule has 0 saturated carbocycles. The summed E-state index contributed by atoms with van der Waals surface area (Å²) in [6, 6.07) is 7.92. The maximum Gasteiger partial charge on any atom is 0.150 e. The fourth-order valence-corrected chi connectivity index (χ4v) is 2.79. The number of aromatic nitrogens is 2. The molecule has 0 spiro atoms. The van der Waals surface area contributed by atoms with Crippen molar-refractivity contribution in [3.63, 3.8) is 0 Å². The van der Waals surface area contributed by atoms with Crippen LogP contribution in [0.2, 0.25) is 0 Å². The van der Waals surface area contributed by atoms with E-state index in [1.165, 1.54) is 6.07 Å². The van der Waals surface area contributed by atoms with Crippen LogP contribution < -0.4 is 0 Å². The number of aryl methyl sites for hydroxylation is 1. The van der Waals surface area contributed by atoms with Gasteiger partial charge in [-0.2, -0.15) is 0 Å². The molecule has 0 fully saturated rings. The Kier molecular flexibility index (Phi) is 3.71. The molecule has 1 heterocycles. The standard InChI is InChI=1S/C15H10BrClF2N2/c1-8-2-3-12-14(4-8)21(15(7-17)20-12)13-5-9(16)10(18)6-11(13)19/h2-6H,7H2,1H3. The van der Waals surface area contributed by atoms with Gasteiger partial charge in [-0.25, -0.2) is 13.8 Å². The summed E-state index contributed by atoms with van der Waals surface area (Å²) in [7, 11) is 0. The smallest absolute Gasteiger partial charge is 0.150 e. The lowest BCUT2D eigenvalue weighted by molar-refractivity contribution is 0.573. The van der Waals surface area contributed by atoms with Crippen molar-refractivity contribution < 1.29 is 8.78 Å². The van der Waals surface area contributed by atoms with Crippen molar-refractivity contribution in [1.82, 2.24) is 9.55 Å². The second-order valence-electron chi connectivity index (χ2n) is 4.71. The van der Waals surface area contributed by atoms with E-state index >= 15 is 0 Å². The van der Waals surface area contributed by atoms with Crippen molar-refractivity contribution in [2.75, 3.05) is 0 Å². The minimum atomic E-state index is -0.664. The SMILES string of the molecule is Cc1ccc2nc(CCl)n(-c3cc(Br)c(F)cc3F)c2c1. The van der Waals surface area contributed by atoms with Crippen LogP contribution >= 0.6 is 27.5 Å². The van der Waals surface area contributed by atoms with Crippen LogP contribution in [0.5, 0.6) is 0 Å². The lowest BCUT2D eigenvalue weighted by Crippen LogP contribution is -2.03. The van der Waals surface area contributed by atoms with Gasteiger partial charge < -0.3 is 0 Å². The van der Waals surface area contributed by atoms with Crippen LogP contribution in [0.3, 0.4) is 0 Å². The Labute approximate surface area is 133 Å². The summed E-state index contributed by atoms with van der Waals surface area (Å²) in [6.07, 6.45) is 0. The summed E-state index contributed by atoms with van der Waals surface area (Å²) < 4.78 is 29.4. The predicted octanol–water partition coefficient (Wildman–Crippen LogP) is 5.11. The fourth-order valence-electron chi connectivity index (χ4n) is 2.28. The van der Waals surface area contributed by atoms with E-state index in [-0.39, 0.29) is 16.0 Å². The summed E-state index contributed by atoms with van der Waals surface area (Å²) in [4.78, 5) is 4.40. The van der Waals surface area contributed by atoms with E-state index in [9.17, 15) is 8.78 Å². The minimum absolute atomic E-state index is 0.127. The Bertz CT molecular complexity index is 845. The third kappa shape index (κ3) is 2.45. The summed E-state index contributed by atoms with van der Waals surface area (Å²) in [6.45, 7) is 1.94. The number of halogens is 4. The van der Waals surface area contributed by atoms with Crippen molar-refractivity contribution in [3.8, 4) is 5.69 Å². The first kappa shape index (κ1) is 14.5. The van der Waals surface area contributed by atoms with Gasteiger partial charge >= 0.3 is 0 Å². The van der Waals surface area contributed by atoms with E-state index in [0.29, 0.717) is 5.82 Å². The van der Waals surface area contributed by atoms with Gasteiger partial charge in [0.25, 0.3) is 0 Å². The van der Waals surface area contributed by atoms with Crippen LogP contribution in [-0.2, 0) is 5.88 Å². The van der Waals surface area contributed by atoms with Gasteiger partial charge in [0.2, 0.25) is 0 Å². The van der Waals surface area contributed by atoms with E-state index in [1.54, 1.807) is 4.57 Å². The number of fused-ring (bicyclic) bond motifs is 1. The van der Waals surface area contributed by atoms with E-state index in [0.717, 1.165) is 22.7 Å². The average molecular weight is 372 g/mol. The van der Waals surface area contributed by atoms with Crippen LogP contribution in [0.25, 0.3) is 16.7 Å². The van der Waals surface area contributed by atoms with Crippen molar-refractivity contribution in [1.29, 1.82) is 0 Å². The second-order valence-corrected chi connectivity index (χ2v) is 5.83. The monoisotopic (exact) mass is 370 g/mol. The van der Waals surface area contributed by atoms with Crippen molar-refractivity contribution in [2.45, 2.75) is 12.8 Å². The second kappa shape index (κ2) is 5.39. The number of alkyl halides is 1. The maximum atomic E-state index is 14.2. The third-order valence-corrected chi connectivity index (χ3v) is 4.08. The molecule has 3 aromatic rings. The quantitative estimate of drug-likeness (QED) is 0.452. The van der Waals surface area contributed by atoms with Gasteiger partial charge in [-0.1, -0.05) is 6.07 Å². The Morgan fingerprint density at radius 2 is 1.95 bits per heavy atom. The van der Waals surface area contributed by atoms with Crippen LogP contribution in [0.1, 0.15) is 11.4 Å². The van der Waals surface area contributed by atoms with Gasteiger partial charge in [0.1, 0.15) is 17.5 Å². The van der Waals surface area contributed by atoms with Gasteiger partial charge in [0.05, 0.1) is 27.1 Å². The maximum absolute atomic E-state index is 14.2. The van der Waals surface area contributed by atoms with Gasteiger partial charge in [-0.15, -0.1) is 11.6 Å². The van der Waals surface area contributed by atoms with Gasteiger partial charge in [-0.3, -0.25) is 4.57 Å². The molecule has 1 aromatic heterocycles. The molecule has 0 aliphatic carbocycles. The molecule has 0 amide bonds. The highest BCUT2D eigenvalue weighted by Crippen LogP contribution is 2.28. The van der Waals surface area contributed by atoms with Crippen LogP contribution in [0.15, 0.2) is 34.8 Å². The topological polar surface area (TPSA) is 17.8 Å². The average Bonchev–Trinajstić information content (AvgIpc) is 2.80. The number of hydrogen-bond donors (Lipinski definition) is 0. The summed E-state index contributed by atoms with van der Waals surface area (Å²) >= 11 is 9.01. The Balaban J connectivity index is 2.38. The van der Waals surface area contributed by atoms with E-state index < -0.39 is 11.6 Å². The van der Waals surface area contributed by atoms with Gasteiger partial charge in [0, 0.05) is 6.07 Å². The number of nitrogens with zero attached hydrogens (tertiary/aromatic N) is 2. The number of hydrogen-bond acceptors (Lipinski definition) is 1. The molecule has 0 radical (unpaired) electrons. The van der Waals surface area contributed by atoms with Crippen LogP contribution in [0.4, 0.5) is 8.78 Å². The zero-order chi connectivity index (χ0) is 15.1. The van der Waals surface area contributed by atoms with E-state index in [2.05, 4.69) is 20.9 Å². The zero-order valence-corrected chi connectivity index (χ0v) is 13.3. The molecule has 0 saturated heterocycles. The summed E-state index contributed by atoms with van der Waals surface area (Å²) in [5.41, 5.74) is 2.69. The molecule has 6 heteroatoms. The summed E-state index contributed by atoms with van der Waals surface area (Å²) in [5.74, 6) is -0.677. The molecule has 0 N–H and O–H groups in total. The molecule has 108 valence electrons. The molecular formula is C15H10BrClF2N2. The lowest BCUT2D eigenvalue weighted by Gasteiger charge is -2.10. The molecule has 0 aliphatic heterocycles. The Morgan fingerprint density at radius 1 is 1.19 bits per heavy atom. The molecule has 0 atom stereocenters. The lowest BCUT2D eigenvalue weighted by atomic mass is 10.2. The Hall–Kier alpha value is -1.46. The highest BCUT2D eigenvalue weighted by Gasteiger charge is 2.17. The van der Waals surface area contributed by atoms with Crippen molar-refractivity contribution in [2.24, 2.45) is 0 Å². The normalized spacial score (nSPS) is 11.3. The molecular weight excluding hydrogens is 362 g/mol. The number of benzene rings is 2. The highest BCUT2D eigenvalue weighted by molar-refractivity contribution is 9.10. The van der Waals surface area contributed by atoms with Crippen LogP contribution in [0, 0.1) is 18.6 Å². The Morgan fingerprint density at radius 3 is 2.67 bits per heavy atom. The zero-order valence-electron chi connectivity index (χ0n) is 11.0. The van der Waals surface area contributed by atoms with Crippen molar-refractivity contribution in [3.05, 3.63) is 57.8 Å². The molecule has 0 unspecified atom stereocenters. The first-order valence-electron chi connectivity index (χ1n) is 6.20. The van der Waals surface area contributed by atoms with Gasteiger partial charge in [-0.05, 0) is 46.6 Å². The highest BCUT2D eigenvalue weighted by atomic mass is 79.9. The molecule has 21 heavy (non-hydrogen) atoms. The first-order chi connectivity index (χ1) is 10.0. The number of rotatable bonds is 2. The molecule has 2 nitrogen and oxygen atoms in total. The molecule has 0 bridgehead atoms. The third-order valence-electron chi connectivity index (χ3n) is 3.23. The minimum Gasteiger partial charge on any atom is -0.292 e. The van der Waals surface area contributed by atoms with E-state index in [1.807, 2.05) is 25.1 Å². The van der Waals surface area contributed by atoms with Crippen molar-refractivity contribution >= 4 is 38.6 Å².